The second-order valence-corrected chi connectivity index (χ2v) is 6.82. The number of aliphatic hydroxyl groups is 2. The number of aliphatic hydroxyl groups excluding tert-OH is 2. The van der Waals surface area contributed by atoms with Crippen LogP contribution in [-0.4, -0.2) is 83.6 Å². The first-order chi connectivity index (χ1) is 11.5. The number of hydrogen-bond acceptors (Lipinski definition) is 5. The number of hydrogen-bond donors (Lipinski definition) is 2. The monoisotopic (exact) mass is 354 g/mol. The van der Waals surface area contributed by atoms with E-state index in [0.717, 1.165) is 5.56 Å². The molecule has 2 fully saturated rings. The number of carbonyl (C=O) groups is 1. The fraction of sp³-hybridized carbons (Fsp3) is 0.588. The average Bonchev–Trinajstić information content (AvgIpc) is 2.57. The van der Waals surface area contributed by atoms with Crippen LogP contribution in [0, 0.1) is 0 Å². The number of amides is 1. The van der Waals surface area contributed by atoms with Crippen LogP contribution in [0.2, 0.25) is 5.02 Å². The van der Waals surface area contributed by atoms with Crippen LogP contribution >= 0.6 is 11.6 Å². The number of ether oxygens (including phenoxy) is 1. The fourth-order valence-corrected chi connectivity index (χ4v) is 3.53. The van der Waals surface area contributed by atoms with Gasteiger partial charge in [-0.2, -0.15) is 0 Å². The molecule has 2 N–H and O–H groups in total. The normalized spacial score (nSPS) is 28.8. The van der Waals surface area contributed by atoms with E-state index in [1.54, 1.807) is 6.07 Å². The second kappa shape index (κ2) is 7.80. The minimum absolute atomic E-state index is 0.0809. The number of nitrogens with zero attached hydrogens (tertiary/aromatic N) is 2. The van der Waals surface area contributed by atoms with E-state index in [1.807, 2.05) is 23.1 Å². The fourth-order valence-electron chi connectivity index (χ4n) is 3.32. The molecule has 1 amide bonds. The smallest absolute Gasteiger partial charge is 0.227 e. The van der Waals surface area contributed by atoms with Gasteiger partial charge in [-0.25, -0.2) is 0 Å². The van der Waals surface area contributed by atoms with E-state index in [-0.39, 0.29) is 18.6 Å². The Kier molecular flexibility index (Phi) is 5.73. The molecule has 3 atom stereocenters. The molecule has 1 aromatic carbocycles. The molecule has 0 aromatic heterocycles. The maximum Gasteiger partial charge on any atom is 0.227 e. The van der Waals surface area contributed by atoms with E-state index in [2.05, 4.69) is 4.90 Å². The van der Waals surface area contributed by atoms with Crippen molar-refractivity contribution in [2.75, 3.05) is 39.4 Å². The van der Waals surface area contributed by atoms with Crippen molar-refractivity contribution >= 4 is 17.5 Å². The molecule has 0 aliphatic carbocycles. The molecule has 24 heavy (non-hydrogen) atoms. The Hall–Kier alpha value is -1.18. The molecule has 6 nitrogen and oxygen atoms in total. The van der Waals surface area contributed by atoms with Gasteiger partial charge in [-0.1, -0.05) is 23.7 Å². The SMILES string of the molecule is O=C(Cc1cccc(Cl)c1)N1CCN([C@@H]2COC[C@@H](O)[C@H]2O)CC1. The molecule has 132 valence electrons. The van der Waals surface area contributed by atoms with Gasteiger partial charge in [-0.15, -0.1) is 0 Å². The second-order valence-electron chi connectivity index (χ2n) is 6.39. The van der Waals surface area contributed by atoms with Crippen molar-refractivity contribution < 1.29 is 19.7 Å². The topological polar surface area (TPSA) is 73.2 Å². The molecule has 2 saturated heterocycles. The highest BCUT2D eigenvalue weighted by atomic mass is 35.5. The number of rotatable bonds is 3. The maximum absolute atomic E-state index is 12.4. The van der Waals surface area contributed by atoms with Crippen LogP contribution in [0.1, 0.15) is 5.56 Å². The zero-order chi connectivity index (χ0) is 17.1. The van der Waals surface area contributed by atoms with Gasteiger partial charge in [0.05, 0.1) is 31.8 Å². The van der Waals surface area contributed by atoms with E-state index in [4.69, 9.17) is 16.3 Å². The van der Waals surface area contributed by atoms with Crippen LogP contribution in [0.15, 0.2) is 24.3 Å². The lowest BCUT2D eigenvalue weighted by Gasteiger charge is -2.43. The highest BCUT2D eigenvalue weighted by Crippen LogP contribution is 2.18. The molecule has 2 heterocycles. The molecule has 7 heteroatoms. The Bertz CT molecular complexity index is 577. The molecule has 0 spiro atoms. The summed E-state index contributed by atoms with van der Waals surface area (Å²) < 4.78 is 5.34. The first kappa shape index (κ1) is 17.6. The summed E-state index contributed by atoms with van der Waals surface area (Å²) in [6, 6.07) is 7.14. The molecular weight excluding hydrogens is 332 g/mol. The highest BCUT2D eigenvalue weighted by Gasteiger charge is 2.36. The number of piperazine rings is 1. The molecular formula is C17H23ClN2O4. The van der Waals surface area contributed by atoms with Gasteiger partial charge < -0.3 is 19.8 Å². The maximum atomic E-state index is 12.4. The minimum atomic E-state index is -0.841. The van der Waals surface area contributed by atoms with E-state index >= 15 is 0 Å². The molecule has 0 bridgehead atoms. The lowest BCUT2D eigenvalue weighted by atomic mass is 10.0. The van der Waals surface area contributed by atoms with Gasteiger partial charge in [-0.05, 0) is 17.7 Å². The third-order valence-corrected chi connectivity index (χ3v) is 4.98. The molecule has 2 aliphatic heterocycles. The summed E-state index contributed by atoms with van der Waals surface area (Å²) in [5.41, 5.74) is 0.911. The molecule has 0 radical (unpaired) electrons. The Morgan fingerprint density at radius 2 is 1.96 bits per heavy atom. The van der Waals surface area contributed by atoms with Gasteiger partial charge in [0.2, 0.25) is 5.91 Å². The predicted octanol–water partition coefficient (Wildman–Crippen LogP) is 0.147. The summed E-state index contributed by atoms with van der Waals surface area (Å²) in [7, 11) is 0. The van der Waals surface area contributed by atoms with Crippen molar-refractivity contribution in [2.24, 2.45) is 0 Å². The number of carbonyl (C=O) groups excluding carboxylic acids is 1. The van der Waals surface area contributed by atoms with Crippen molar-refractivity contribution in [2.45, 2.75) is 24.7 Å². The Labute approximate surface area is 146 Å². The molecule has 3 rings (SSSR count). The molecule has 0 saturated carbocycles. The lowest BCUT2D eigenvalue weighted by Crippen LogP contribution is -2.60. The van der Waals surface area contributed by atoms with Crippen molar-refractivity contribution in [1.29, 1.82) is 0 Å². The van der Waals surface area contributed by atoms with Crippen molar-refractivity contribution in [3.63, 3.8) is 0 Å². The average molecular weight is 355 g/mol. The van der Waals surface area contributed by atoms with Crippen molar-refractivity contribution in [3.8, 4) is 0 Å². The van der Waals surface area contributed by atoms with Gasteiger partial charge in [-0.3, -0.25) is 9.69 Å². The summed E-state index contributed by atoms with van der Waals surface area (Å²) in [4.78, 5) is 16.4. The van der Waals surface area contributed by atoms with E-state index in [1.165, 1.54) is 0 Å². The third kappa shape index (κ3) is 4.07. The zero-order valence-electron chi connectivity index (χ0n) is 13.5. The standard InChI is InChI=1S/C17H23ClN2O4/c18-13-3-1-2-12(8-13)9-16(22)20-6-4-19(5-7-20)14-10-24-11-15(21)17(14)23/h1-3,8,14-15,17,21,23H,4-7,9-11H2/t14-,15-,17+/m1/s1. The summed E-state index contributed by atoms with van der Waals surface area (Å²) in [5.74, 6) is 0.0809. The van der Waals surface area contributed by atoms with Gasteiger partial charge in [0.15, 0.2) is 0 Å². The predicted molar refractivity (Wildman–Crippen MR) is 89.9 cm³/mol. The molecule has 0 unspecified atom stereocenters. The van der Waals surface area contributed by atoms with Gasteiger partial charge in [0.1, 0.15) is 6.10 Å². The van der Waals surface area contributed by atoms with E-state index < -0.39 is 12.2 Å². The first-order valence-corrected chi connectivity index (χ1v) is 8.62. The summed E-state index contributed by atoms with van der Waals surface area (Å²) in [6.45, 7) is 3.14. The first-order valence-electron chi connectivity index (χ1n) is 8.25. The summed E-state index contributed by atoms with van der Waals surface area (Å²) >= 11 is 5.96. The van der Waals surface area contributed by atoms with Crippen LogP contribution < -0.4 is 0 Å². The van der Waals surface area contributed by atoms with E-state index in [9.17, 15) is 15.0 Å². The van der Waals surface area contributed by atoms with Crippen molar-refractivity contribution in [3.05, 3.63) is 34.9 Å². The number of halogens is 1. The molecule has 2 aliphatic rings. The number of benzene rings is 1. The third-order valence-electron chi connectivity index (χ3n) is 4.75. The van der Waals surface area contributed by atoms with Gasteiger partial charge in [0, 0.05) is 31.2 Å². The molecule has 1 aromatic rings. The van der Waals surface area contributed by atoms with Gasteiger partial charge >= 0.3 is 0 Å². The van der Waals surface area contributed by atoms with Crippen LogP contribution in [0.5, 0.6) is 0 Å². The summed E-state index contributed by atoms with van der Waals surface area (Å²) in [6.07, 6.45) is -1.30. The Morgan fingerprint density at radius 3 is 2.67 bits per heavy atom. The lowest BCUT2D eigenvalue weighted by molar-refractivity contribution is -0.144. The highest BCUT2D eigenvalue weighted by molar-refractivity contribution is 6.30. The van der Waals surface area contributed by atoms with Crippen LogP contribution in [0.3, 0.4) is 0 Å². The van der Waals surface area contributed by atoms with E-state index in [0.29, 0.717) is 44.2 Å². The van der Waals surface area contributed by atoms with Crippen molar-refractivity contribution in [1.82, 2.24) is 9.80 Å². The van der Waals surface area contributed by atoms with Crippen LogP contribution in [-0.2, 0) is 16.0 Å². The Balaban J connectivity index is 1.52. The zero-order valence-corrected chi connectivity index (χ0v) is 14.2. The van der Waals surface area contributed by atoms with Crippen LogP contribution in [0.4, 0.5) is 0 Å². The van der Waals surface area contributed by atoms with Gasteiger partial charge in [0.25, 0.3) is 0 Å². The minimum Gasteiger partial charge on any atom is -0.389 e. The largest absolute Gasteiger partial charge is 0.389 e. The van der Waals surface area contributed by atoms with Crippen LogP contribution in [0.25, 0.3) is 0 Å². The Morgan fingerprint density at radius 1 is 1.21 bits per heavy atom. The summed E-state index contributed by atoms with van der Waals surface area (Å²) in [5, 5.41) is 20.5. The quantitative estimate of drug-likeness (QED) is 0.808.